The van der Waals surface area contributed by atoms with E-state index in [2.05, 4.69) is 15.9 Å². The van der Waals surface area contributed by atoms with Crippen LogP contribution in [0.25, 0.3) is 0 Å². The van der Waals surface area contributed by atoms with Gasteiger partial charge in [0.05, 0.1) is 17.4 Å². The number of hydrogen-bond acceptors (Lipinski definition) is 3. The lowest BCUT2D eigenvalue weighted by Crippen LogP contribution is -2.08. The average molecular weight is 328 g/mol. The van der Waals surface area contributed by atoms with Crippen LogP contribution in [-0.4, -0.2) is 27.0 Å². The molecule has 0 aliphatic carbocycles. The molecule has 1 aromatic carbocycles. The number of ether oxygens (including phenoxy) is 1. The van der Waals surface area contributed by atoms with Crippen molar-refractivity contribution in [1.82, 2.24) is 0 Å². The van der Waals surface area contributed by atoms with Crippen molar-refractivity contribution >= 4 is 37.4 Å². The summed E-state index contributed by atoms with van der Waals surface area (Å²) in [5.41, 5.74) is 0. The first-order chi connectivity index (χ1) is 7.38. The molecule has 6 heteroatoms. The third kappa shape index (κ3) is 5.18. The lowest BCUT2D eigenvalue weighted by Gasteiger charge is -2.07. The SMILES string of the molecule is CS(=O)(=O)CCCOc1cc(Br)ccc1Cl. The van der Waals surface area contributed by atoms with Gasteiger partial charge in [0.15, 0.2) is 0 Å². The monoisotopic (exact) mass is 326 g/mol. The first-order valence-electron chi connectivity index (χ1n) is 4.64. The van der Waals surface area contributed by atoms with Crippen LogP contribution in [0.15, 0.2) is 22.7 Å². The summed E-state index contributed by atoms with van der Waals surface area (Å²) in [5, 5.41) is 0.516. The second-order valence-electron chi connectivity index (χ2n) is 3.41. The van der Waals surface area contributed by atoms with Crippen molar-refractivity contribution in [3.05, 3.63) is 27.7 Å². The van der Waals surface area contributed by atoms with E-state index in [1.165, 1.54) is 6.26 Å². The standard InChI is InChI=1S/C10H12BrClO3S/c1-16(13,14)6-2-5-15-10-7-8(11)3-4-9(10)12/h3-4,7H,2,5-6H2,1H3. The summed E-state index contributed by atoms with van der Waals surface area (Å²) in [7, 11) is -2.92. The van der Waals surface area contributed by atoms with E-state index >= 15 is 0 Å². The van der Waals surface area contributed by atoms with Crippen molar-refractivity contribution in [3.63, 3.8) is 0 Å². The van der Waals surface area contributed by atoms with Gasteiger partial charge in [0.2, 0.25) is 0 Å². The molecule has 0 amide bonds. The molecule has 0 saturated heterocycles. The molecule has 1 rings (SSSR count). The molecule has 0 heterocycles. The van der Waals surface area contributed by atoms with E-state index in [1.54, 1.807) is 12.1 Å². The minimum absolute atomic E-state index is 0.124. The Hall–Kier alpha value is -0.260. The van der Waals surface area contributed by atoms with Gasteiger partial charge in [0.25, 0.3) is 0 Å². The molecule has 0 radical (unpaired) electrons. The zero-order chi connectivity index (χ0) is 12.2. The topological polar surface area (TPSA) is 43.4 Å². The molecule has 0 aliphatic rings. The van der Waals surface area contributed by atoms with Crippen LogP contribution < -0.4 is 4.74 Å². The van der Waals surface area contributed by atoms with Gasteiger partial charge < -0.3 is 4.74 Å². The lowest BCUT2D eigenvalue weighted by atomic mass is 10.3. The summed E-state index contributed by atoms with van der Waals surface area (Å²) >= 11 is 9.20. The smallest absolute Gasteiger partial charge is 0.147 e. The van der Waals surface area contributed by atoms with Crippen molar-refractivity contribution in [2.24, 2.45) is 0 Å². The van der Waals surface area contributed by atoms with Crippen LogP contribution in [0.1, 0.15) is 6.42 Å². The number of hydrogen-bond donors (Lipinski definition) is 0. The van der Waals surface area contributed by atoms with Gasteiger partial charge in [0.1, 0.15) is 15.6 Å². The normalized spacial score (nSPS) is 11.4. The van der Waals surface area contributed by atoms with E-state index in [9.17, 15) is 8.42 Å². The fourth-order valence-corrected chi connectivity index (χ4v) is 2.25. The maximum absolute atomic E-state index is 10.9. The summed E-state index contributed by atoms with van der Waals surface area (Å²) in [4.78, 5) is 0. The van der Waals surface area contributed by atoms with Gasteiger partial charge in [-0.3, -0.25) is 0 Å². The van der Waals surface area contributed by atoms with Gasteiger partial charge in [-0.2, -0.15) is 0 Å². The van der Waals surface area contributed by atoms with E-state index < -0.39 is 9.84 Å². The Morgan fingerprint density at radius 1 is 1.44 bits per heavy atom. The van der Waals surface area contributed by atoms with Crippen LogP contribution in [-0.2, 0) is 9.84 Å². The van der Waals surface area contributed by atoms with Gasteiger partial charge in [-0.05, 0) is 24.6 Å². The molecule has 16 heavy (non-hydrogen) atoms. The summed E-state index contributed by atoms with van der Waals surface area (Å²) in [6, 6.07) is 5.28. The van der Waals surface area contributed by atoms with E-state index in [0.717, 1.165) is 4.47 Å². The summed E-state index contributed by atoms with van der Waals surface area (Å²) in [5.74, 6) is 0.683. The Balaban J connectivity index is 2.46. The van der Waals surface area contributed by atoms with E-state index in [1.807, 2.05) is 6.07 Å². The molecular formula is C10H12BrClO3S. The Bertz CT molecular complexity index is 459. The number of rotatable bonds is 5. The Morgan fingerprint density at radius 3 is 2.75 bits per heavy atom. The minimum Gasteiger partial charge on any atom is -0.492 e. The highest BCUT2D eigenvalue weighted by Gasteiger charge is 2.04. The molecule has 1 aromatic rings. The first-order valence-corrected chi connectivity index (χ1v) is 7.87. The van der Waals surface area contributed by atoms with Crippen molar-refractivity contribution in [3.8, 4) is 5.75 Å². The molecule has 0 N–H and O–H groups in total. The van der Waals surface area contributed by atoms with Crippen LogP contribution in [0.4, 0.5) is 0 Å². The van der Waals surface area contributed by atoms with Crippen LogP contribution in [0.3, 0.4) is 0 Å². The minimum atomic E-state index is -2.92. The fourth-order valence-electron chi connectivity index (χ4n) is 1.09. The lowest BCUT2D eigenvalue weighted by molar-refractivity contribution is 0.318. The second kappa shape index (κ2) is 5.89. The van der Waals surface area contributed by atoms with Gasteiger partial charge in [-0.15, -0.1) is 0 Å². The van der Waals surface area contributed by atoms with E-state index in [0.29, 0.717) is 23.8 Å². The summed E-state index contributed by atoms with van der Waals surface area (Å²) in [6.07, 6.45) is 1.67. The molecule has 90 valence electrons. The van der Waals surface area contributed by atoms with Crippen molar-refractivity contribution in [2.45, 2.75) is 6.42 Å². The zero-order valence-electron chi connectivity index (χ0n) is 8.74. The Labute approximate surface area is 109 Å². The van der Waals surface area contributed by atoms with E-state index in [4.69, 9.17) is 16.3 Å². The number of sulfone groups is 1. The highest BCUT2D eigenvalue weighted by Crippen LogP contribution is 2.27. The molecule has 0 aliphatic heterocycles. The van der Waals surface area contributed by atoms with Crippen molar-refractivity contribution in [1.29, 1.82) is 0 Å². The van der Waals surface area contributed by atoms with E-state index in [-0.39, 0.29) is 5.75 Å². The molecule has 0 aromatic heterocycles. The summed E-state index contributed by atoms with van der Waals surface area (Å²) in [6.45, 7) is 0.337. The van der Waals surface area contributed by atoms with Gasteiger partial charge in [0, 0.05) is 10.7 Å². The molecule has 0 saturated carbocycles. The van der Waals surface area contributed by atoms with Crippen LogP contribution in [0, 0.1) is 0 Å². The van der Waals surface area contributed by atoms with Crippen LogP contribution in [0.5, 0.6) is 5.75 Å². The largest absolute Gasteiger partial charge is 0.492 e. The van der Waals surface area contributed by atoms with Gasteiger partial charge >= 0.3 is 0 Å². The van der Waals surface area contributed by atoms with Gasteiger partial charge in [-0.1, -0.05) is 27.5 Å². The predicted molar refractivity (Wildman–Crippen MR) is 69.0 cm³/mol. The predicted octanol–water partition coefficient (Wildman–Crippen LogP) is 2.92. The first kappa shape index (κ1) is 13.8. The third-order valence-electron chi connectivity index (χ3n) is 1.81. The highest BCUT2D eigenvalue weighted by atomic mass is 79.9. The van der Waals surface area contributed by atoms with Gasteiger partial charge in [-0.25, -0.2) is 8.42 Å². The van der Waals surface area contributed by atoms with Crippen LogP contribution >= 0.6 is 27.5 Å². The molecule has 0 fully saturated rings. The second-order valence-corrected chi connectivity index (χ2v) is 6.99. The highest BCUT2D eigenvalue weighted by molar-refractivity contribution is 9.10. The Kier molecular flexibility index (Phi) is 5.08. The average Bonchev–Trinajstić information content (AvgIpc) is 2.16. The molecule has 0 unspecified atom stereocenters. The zero-order valence-corrected chi connectivity index (χ0v) is 11.9. The third-order valence-corrected chi connectivity index (χ3v) is 3.65. The van der Waals surface area contributed by atoms with Crippen molar-refractivity contribution < 1.29 is 13.2 Å². The molecule has 0 bridgehead atoms. The molecule has 0 spiro atoms. The maximum atomic E-state index is 10.9. The maximum Gasteiger partial charge on any atom is 0.147 e. The molecule has 0 atom stereocenters. The van der Waals surface area contributed by atoms with Crippen LogP contribution in [0.2, 0.25) is 5.02 Å². The summed E-state index contributed by atoms with van der Waals surface area (Å²) < 4.78 is 28.0. The Morgan fingerprint density at radius 2 is 2.12 bits per heavy atom. The fraction of sp³-hybridized carbons (Fsp3) is 0.400. The van der Waals surface area contributed by atoms with Crippen molar-refractivity contribution in [2.75, 3.05) is 18.6 Å². The number of halogens is 2. The molecule has 3 nitrogen and oxygen atoms in total. The molecular weight excluding hydrogens is 316 g/mol. The quantitative estimate of drug-likeness (QED) is 0.781. The number of benzene rings is 1.